The maximum Gasteiger partial charge on any atom is 0.319 e. The molecule has 1 aliphatic rings. The van der Waals surface area contributed by atoms with Crippen LogP contribution < -0.4 is 20.1 Å². The van der Waals surface area contributed by atoms with Crippen molar-refractivity contribution < 1.29 is 19.2 Å². The molecule has 0 aliphatic carbocycles. The third kappa shape index (κ3) is 3.49. The quantitative estimate of drug-likeness (QED) is 0.651. The molecule has 0 atom stereocenters. The third-order valence-corrected chi connectivity index (χ3v) is 3.61. The summed E-state index contributed by atoms with van der Waals surface area (Å²) in [6.45, 7) is 0.445. The average molecular weight is 350 g/mol. The fourth-order valence-corrected chi connectivity index (χ4v) is 2.33. The number of benzene rings is 2. The minimum absolute atomic E-state index is 0.00585. The van der Waals surface area contributed by atoms with Crippen LogP contribution in [0.2, 0.25) is 5.02 Å². The van der Waals surface area contributed by atoms with E-state index >= 15 is 0 Å². The molecule has 2 aromatic carbocycles. The number of anilines is 1. The number of nitrogens with one attached hydrogen (secondary N) is 2. The molecule has 0 unspecified atom stereocenters. The highest BCUT2D eigenvalue weighted by Gasteiger charge is 2.15. The number of halogens is 1. The molecule has 2 N–H and O–H groups in total. The minimum Gasteiger partial charge on any atom is -0.454 e. The number of urea groups is 1. The summed E-state index contributed by atoms with van der Waals surface area (Å²) < 4.78 is 10.5. The van der Waals surface area contributed by atoms with Crippen LogP contribution in [0.15, 0.2) is 36.4 Å². The fourth-order valence-electron chi connectivity index (χ4n) is 2.14. The van der Waals surface area contributed by atoms with Crippen molar-refractivity contribution in [3.8, 4) is 11.5 Å². The van der Waals surface area contributed by atoms with Gasteiger partial charge in [0.2, 0.25) is 6.79 Å². The molecule has 0 fully saturated rings. The predicted octanol–water partition coefficient (Wildman–Crippen LogP) is 3.30. The first-order valence-electron chi connectivity index (χ1n) is 6.90. The van der Waals surface area contributed by atoms with Crippen molar-refractivity contribution >= 4 is 29.0 Å². The zero-order valence-corrected chi connectivity index (χ0v) is 13.0. The Morgan fingerprint density at radius 3 is 2.79 bits per heavy atom. The van der Waals surface area contributed by atoms with Crippen LogP contribution in [0.5, 0.6) is 11.5 Å². The average Bonchev–Trinajstić information content (AvgIpc) is 3.02. The first-order valence-corrected chi connectivity index (χ1v) is 7.28. The Morgan fingerprint density at radius 1 is 1.21 bits per heavy atom. The summed E-state index contributed by atoms with van der Waals surface area (Å²) in [6, 6.07) is 8.88. The second-order valence-corrected chi connectivity index (χ2v) is 5.33. The van der Waals surface area contributed by atoms with Crippen LogP contribution >= 0.6 is 11.6 Å². The Labute approximate surface area is 141 Å². The number of amides is 2. The van der Waals surface area contributed by atoms with Crippen LogP contribution in [0.25, 0.3) is 0 Å². The van der Waals surface area contributed by atoms with E-state index < -0.39 is 11.0 Å². The van der Waals surface area contributed by atoms with Gasteiger partial charge in [0.05, 0.1) is 4.92 Å². The Bertz CT molecular complexity index is 812. The van der Waals surface area contributed by atoms with Gasteiger partial charge in [-0.15, -0.1) is 0 Å². The van der Waals surface area contributed by atoms with Gasteiger partial charge in [-0.3, -0.25) is 10.1 Å². The maximum atomic E-state index is 11.9. The van der Waals surface area contributed by atoms with Crippen LogP contribution in [0.4, 0.5) is 16.2 Å². The topological polar surface area (TPSA) is 103 Å². The van der Waals surface area contributed by atoms with Crippen molar-refractivity contribution in [2.75, 3.05) is 12.1 Å². The van der Waals surface area contributed by atoms with E-state index in [1.165, 1.54) is 18.2 Å². The van der Waals surface area contributed by atoms with Crippen molar-refractivity contribution in [2.45, 2.75) is 6.54 Å². The zero-order valence-electron chi connectivity index (χ0n) is 12.2. The number of nitro benzene ring substituents is 1. The van der Waals surface area contributed by atoms with E-state index in [1.807, 2.05) is 0 Å². The highest BCUT2D eigenvalue weighted by atomic mass is 35.5. The van der Waals surface area contributed by atoms with E-state index in [4.69, 9.17) is 21.1 Å². The maximum absolute atomic E-state index is 11.9. The number of nitrogens with zero attached hydrogens (tertiary/aromatic N) is 1. The van der Waals surface area contributed by atoms with Crippen LogP contribution in [-0.4, -0.2) is 17.7 Å². The lowest BCUT2D eigenvalue weighted by Gasteiger charge is -2.08. The molecule has 3 rings (SSSR count). The van der Waals surface area contributed by atoms with Crippen LogP contribution in [0, 0.1) is 10.1 Å². The van der Waals surface area contributed by atoms with Crippen LogP contribution in [0.3, 0.4) is 0 Å². The Kier molecular flexibility index (Phi) is 4.39. The van der Waals surface area contributed by atoms with E-state index in [0.29, 0.717) is 11.5 Å². The number of hydrogen-bond donors (Lipinski definition) is 2. The van der Waals surface area contributed by atoms with Gasteiger partial charge in [-0.2, -0.15) is 0 Å². The molecule has 0 aromatic heterocycles. The molecular formula is C15H12ClN3O5. The van der Waals surface area contributed by atoms with E-state index in [2.05, 4.69) is 10.6 Å². The summed E-state index contributed by atoms with van der Waals surface area (Å²) in [5, 5.41) is 16.0. The van der Waals surface area contributed by atoms with Gasteiger partial charge in [-0.05, 0) is 29.8 Å². The number of nitro groups is 1. The van der Waals surface area contributed by atoms with Crippen molar-refractivity contribution in [1.82, 2.24) is 5.32 Å². The third-order valence-electron chi connectivity index (χ3n) is 3.29. The Hall–Kier alpha value is -3.00. The molecule has 1 aliphatic heterocycles. The van der Waals surface area contributed by atoms with Crippen molar-refractivity contribution in [1.29, 1.82) is 0 Å². The van der Waals surface area contributed by atoms with Gasteiger partial charge in [0.25, 0.3) is 5.69 Å². The molecule has 0 radical (unpaired) electrons. The monoisotopic (exact) mass is 349 g/mol. The summed E-state index contributed by atoms with van der Waals surface area (Å²) in [5.41, 5.74) is 0.830. The lowest BCUT2D eigenvalue weighted by molar-refractivity contribution is -0.384. The number of fused-ring (bicyclic) bond motifs is 1. The normalized spacial score (nSPS) is 11.9. The summed E-state index contributed by atoms with van der Waals surface area (Å²) in [5.74, 6) is 1.29. The van der Waals surface area contributed by atoms with Crippen molar-refractivity contribution in [3.63, 3.8) is 0 Å². The summed E-state index contributed by atoms with van der Waals surface area (Å²) in [4.78, 5) is 22.1. The van der Waals surface area contributed by atoms with Gasteiger partial charge in [0.1, 0.15) is 5.02 Å². The fraction of sp³-hybridized carbons (Fsp3) is 0.133. The first kappa shape index (κ1) is 15.9. The molecule has 1 heterocycles. The molecule has 0 saturated heterocycles. The lowest BCUT2D eigenvalue weighted by Crippen LogP contribution is -2.28. The highest BCUT2D eigenvalue weighted by Crippen LogP contribution is 2.32. The van der Waals surface area contributed by atoms with Gasteiger partial charge in [0, 0.05) is 18.3 Å². The molecule has 0 saturated carbocycles. The van der Waals surface area contributed by atoms with Gasteiger partial charge in [-0.1, -0.05) is 17.7 Å². The summed E-state index contributed by atoms with van der Waals surface area (Å²) in [6.07, 6.45) is 0. The second-order valence-electron chi connectivity index (χ2n) is 4.92. The van der Waals surface area contributed by atoms with Gasteiger partial charge < -0.3 is 20.1 Å². The molecule has 0 spiro atoms. The Morgan fingerprint density at radius 2 is 2.00 bits per heavy atom. The highest BCUT2D eigenvalue weighted by molar-refractivity contribution is 6.32. The molecule has 24 heavy (non-hydrogen) atoms. The van der Waals surface area contributed by atoms with Gasteiger partial charge in [0.15, 0.2) is 11.5 Å². The number of rotatable bonds is 4. The number of carbonyl (C=O) groups is 1. The first-order chi connectivity index (χ1) is 11.5. The molecule has 0 bridgehead atoms. The van der Waals surface area contributed by atoms with Crippen LogP contribution in [0.1, 0.15) is 5.56 Å². The van der Waals surface area contributed by atoms with Crippen LogP contribution in [-0.2, 0) is 6.54 Å². The van der Waals surface area contributed by atoms with E-state index in [-0.39, 0.29) is 29.7 Å². The van der Waals surface area contributed by atoms with E-state index in [9.17, 15) is 14.9 Å². The molecule has 2 aromatic rings. The molecular weight excluding hydrogens is 338 g/mol. The van der Waals surface area contributed by atoms with Gasteiger partial charge >= 0.3 is 6.03 Å². The Balaban J connectivity index is 1.60. The number of hydrogen-bond acceptors (Lipinski definition) is 5. The predicted molar refractivity (Wildman–Crippen MR) is 86.5 cm³/mol. The van der Waals surface area contributed by atoms with Crippen molar-refractivity contribution in [3.05, 3.63) is 57.1 Å². The lowest BCUT2D eigenvalue weighted by atomic mass is 10.2. The summed E-state index contributed by atoms with van der Waals surface area (Å²) in [7, 11) is 0. The molecule has 2 amide bonds. The number of carbonyl (C=O) groups excluding carboxylic acids is 1. The molecule has 9 heteroatoms. The molecule has 8 nitrogen and oxygen atoms in total. The van der Waals surface area contributed by atoms with E-state index in [0.717, 1.165) is 5.56 Å². The largest absolute Gasteiger partial charge is 0.454 e. The SMILES string of the molecule is O=C(NCc1ccc2c(c1)OCO2)Nc1ccc(Cl)c([N+](=O)[O-])c1. The second kappa shape index (κ2) is 6.63. The standard InChI is InChI=1S/C15H12ClN3O5/c16-11-3-2-10(6-12(11)19(21)22)18-15(20)17-7-9-1-4-13-14(5-9)24-8-23-13/h1-6H,7-8H2,(H2,17,18,20). The van der Waals surface area contributed by atoms with E-state index in [1.54, 1.807) is 18.2 Å². The van der Waals surface area contributed by atoms with Gasteiger partial charge in [-0.25, -0.2) is 4.79 Å². The summed E-state index contributed by atoms with van der Waals surface area (Å²) >= 11 is 5.72. The zero-order chi connectivity index (χ0) is 17.1. The molecule has 124 valence electrons. The van der Waals surface area contributed by atoms with Crippen molar-refractivity contribution in [2.24, 2.45) is 0 Å². The minimum atomic E-state index is -0.613. The smallest absolute Gasteiger partial charge is 0.319 e. The number of ether oxygens (including phenoxy) is 2.